The first-order valence-corrected chi connectivity index (χ1v) is 9.37. The van der Waals surface area contributed by atoms with Gasteiger partial charge in [-0.3, -0.25) is 14.9 Å². The van der Waals surface area contributed by atoms with Crippen molar-refractivity contribution in [3.8, 4) is 5.69 Å². The molecule has 0 saturated heterocycles. The fourth-order valence-electron chi connectivity index (χ4n) is 2.51. The van der Waals surface area contributed by atoms with Crippen molar-refractivity contribution in [1.82, 2.24) is 25.5 Å². The molecule has 3 rings (SSSR count). The molecule has 1 aromatic heterocycles. The smallest absolute Gasteiger partial charge is 0.237 e. The molecule has 7 nitrogen and oxygen atoms in total. The molecule has 27 heavy (non-hydrogen) atoms. The highest BCUT2D eigenvalue weighted by atomic mass is 32.2. The molecule has 0 aliphatic heterocycles. The van der Waals surface area contributed by atoms with Crippen LogP contribution in [0.4, 0.5) is 0 Å². The number of benzene rings is 2. The molecule has 0 atom stereocenters. The van der Waals surface area contributed by atoms with E-state index in [0.717, 1.165) is 22.4 Å². The van der Waals surface area contributed by atoms with Gasteiger partial charge in [-0.2, -0.15) is 4.68 Å². The van der Waals surface area contributed by atoms with Crippen LogP contribution in [0.5, 0.6) is 0 Å². The Labute approximate surface area is 161 Å². The third-order valence-electron chi connectivity index (χ3n) is 3.85. The molecule has 2 amide bonds. The first-order valence-electron chi connectivity index (χ1n) is 8.38. The number of hydrogen-bond acceptors (Lipinski definition) is 6. The highest BCUT2D eigenvalue weighted by molar-refractivity contribution is 7.99. The summed E-state index contributed by atoms with van der Waals surface area (Å²) in [5, 5.41) is 14.6. The predicted octanol–water partition coefficient (Wildman–Crippen LogP) is 2.26. The van der Waals surface area contributed by atoms with Crippen molar-refractivity contribution in [2.45, 2.75) is 25.4 Å². The van der Waals surface area contributed by atoms with Crippen LogP contribution in [0.25, 0.3) is 5.69 Å². The van der Waals surface area contributed by atoms with Gasteiger partial charge in [-0.05, 0) is 47.0 Å². The van der Waals surface area contributed by atoms with E-state index in [0.29, 0.717) is 5.16 Å². The molecule has 8 heteroatoms. The lowest BCUT2D eigenvalue weighted by molar-refractivity contribution is -0.128. The lowest BCUT2D eigenvalue weighted by atomic mass is 10.1. The number of hydrogen-bond donors (Lipinski definition) is 1. The van der Waals surface area contributed by atoms with Crippen LogP contribution in [0.2, 0.25) is 0 Å². The van der Waals surface area contributed by atoms with Gasteiger partial charge in [0.05, 0.1) is 17.9 Å². The number of aromatic nitrogens is 4. The average Bonchev–Trinajstić information content (AvgIpc) is 3.11. The minimum absolute atomic E-state index is 0.0474. The van der Waals surface area contributed by atoms with Gasteiger partial charge in [0.15, 0.2) is 0 Å². The molecule has 0 unspecified atom stereocenters. The van der Waals surface area contributed by atoms with Gasteiger partial charge in [0.25, 0.3) is 0 Å². The highest BCUT2D eigenvalue weighted by Crippen LogP contribution is 2.21. The van der Waals surface area contributed by atoms with E-state index in [2.05, 4.69) is 20.8 Å². The maximum Gasteiger partial charge on any atom is 0.237 e. The number of tetrazole rings is 1. The number of carbonyl (C=O) groups is 2. The lowest BCUT2D eigenvalue weighted by Crippen LogP contribution is -2.33. The Bertz CT molecular complexity index is 956. The summed E-state index contributed by atoms with van der Waals surface area (Å²) in [6.07, 6.45) is 0.164. The standard InChI is InChI=1S/C19H19N5O2S/c1-13-8-9-14(2)16(10-13)24-19(21-22-23-24)27-12-18(26)20-17(25)11-15-6-4-3-5-7-15/h3-10H,11-12H2,1-2H3,(H,20,25,26). The number of amides is 2. The summed E-state index contributed by atoms with van der Waals surface area (Å²) in [7, 11) is 0. The zero-order valence-electron chi connectivity index (χ0n) is 15.0. The van der Waals surface area contributed by atoms with Gasteiger partial charge in [-0.1, -0.05) is 54.2 Å². The van der Waals surface area contributed by atoms with Crippen LogP contribution in [0.15, 0.2) is 53.7 Å². The number of rotatable bonds is 6. The maximum absolute atomic E-state index is 12.1. The minimum Gasteiger partial charge on any atom is -0.295 e. The van der Waals surface area contributed by atoms with Crippen LogP contribution in [0.1, 0.15) is 16.7 Å². The molecule has 0 aliphatic rings. The van der Waals surface area contributed by atoms with E-state index in [1.807, 2.05) is 62.4 Å². The van der Waals surface area contributed by atoms with Crippen molar-refractivity contribution in [2.75, 3.05) is 5.75 Å². The fourth-order valence-corrected chi connectivity index (χ4v) is 3.20. The van der Waals surface area contributed by atoms with Crippen molar-refractivity contribution in [1.29, 1.82) is 0 Å². The molecule has 0 aliphatic carbocycles. The monoisotopic (exact) mass is 381 g/mol. The van der Waals surface area contributed by atoms with Crippen molar-refractivity contribution >= 4 is 23.6 Å². The fraction of sp³-hybridized carbons (Fsp3) is 0.211. The Morgan fingerprint density at radius 1 is 1.07 bits per heavy atom. The first kappa shape index (κ1) is 18.8. The van der Waals surface area contributed by atoms with Gasteiger partial charge in [0.2, 0.25) is 17.0 Å². The van der Waals surface area contributed by atoms with E-state index in [9.17, 15) is 9.59 Å². The van der Waals surface area contributed by atoms with Crippen LogP contribution in [0, 0.1) is 13.8 Å². The Morgan fingerprint density at radius 3 is 2.63 bits per heavy atom. The third kappa shape index (κ3) is 5.01. The number of nitrogens with one attached hydrogen (secondary N) is 1. The second kappa shape index (κ2) is 8.59. The highest BCUT2D eigenvalue weighted by Gasteiger charge is 2.15. The predicted molar refractivity (Wildman–Crippen MR) is 103 cm³/mol. The van der Waals surface area contributed by atoms with Crippen molar-refractivity contribution in [3.63, 3.8) is 0 Å². The summed E-state index contributed by atoms with van der Waals surface area (Å²) in [4.78, 5) is 24.0. The van der Waals surface area contributed by atoms with Crippen LogP contribution in [0.3, 0.4) is 0 Å². The zero-order chi connectivity index (χ0) is 19.2. The Morgan fingerprint density at radius 2 is 1.85 bits per heavy atom. The van der Waals surface area contributed by atoms with Gasteiger partial charge < -0.3 is 0 Å². The van der Waals surface area contributed by atoms with Crippen LogP contribution < -0.4 is 5.32 Å². The van der Waals surface area contributed by atoms with Crippen molar-refractivity contribution < 1.29 is 9.59 Å². The van der Waals surface area contributed by atoms with Gasteiger partial charge in [-0.25, -0.2) is 0 Å². The van der Waals surface area contributed by atoms with Crippen LogP contribution >= 0.6 is 11.8 Å². The van der Waals surface area contributed by atoms with Gasteiger partial charge >= 0.3 is 0 Å². The summed E-state index contributed by atoms with van der Waals surface area (Å²) in [6, 6.07) is 15.3. The van der Waals surface area contributed by atoms with E-state index >= 15 is 0 Å². The van der Waals surface area contributed by atoms with Crippen molar-refractivity contribution in [3.05, 3.63) is 65.2 Å². The molecule has 0 fully saturated rings. The Kier molecular flexibility index (Phi) is 5.97. The average molecular weight is 381 g/mol. The molecule has 2 aromatic carbocycles. The molecule has 1 heterocycles. The number of nitrogens with zero attached hydrogens (tertiary/aromatic N) is 4. The summed E-state index contributed by atoms with van der Waals surface area (Å²) in [6.45, 7) is 3.96. The SMILES string of the molecule is Cc1ccc(C)c(-n2nnnc2SCC(=O)NC(=O)Cc2ccccc2)c1. The first-order chi connectivity index (χ1) is 13.0. The number of imide groups is 1. The summed E-state index contributed by atoms with van der Waals surface area (Å²) in [5.74, 6) is -0.663. The molecule has 138 valence electrons. The third-order valence-corrected chi connectivity index (χ3v) is 4.77. The second-order valence-electron chi connectivity index (χ2n) is 6.09. The second-order valence-corrected chi connectivity index (χ2v) is 7.03. The quantitative estimate of drug-likeness (QED) is 0.659. The van der Waals surface area contributed by atoms with Gasteiger partial charge in [0.1, 0.15) is 0 Å². The normalized spacial score (nSPS) is 10.6. The molecule has 1 N–H and O–H groups in total. The largest absolute Gasteiger partial charge is 0.295 e. The van der Waals surface area contributed by atoms with Crippen LogP contribution in [-0.4, -0.2) is 37.8 Å². The van der Waals surface area contributed by atoms with Gasteiger partial charge in [0, 0.05) is 0 Å². The maximum atomic E-state index is 12.1. The lowest BCUT2D eigenvalue weighted by Gasteiger charge is -2.08. The number of thioether (sulfide) groups is 1. The summed E-state index contributed by atoms with van der Waals surface area (Å²) < 4.78 is 1.60. The minimum atomic E-state index is -0.378. The molecule has 0 spiro atoms. The van der Waals surface area contributed by atoms with Gasteiger partial charge in [-0.15, -0.1) is 5.10 Å². The van der Waals surface area contributed by atoms with Crippen LogP contribution in [-0.2, 0) is 16.0 Å². The topological polar surface area (TPSA) is 89.8 Å². The molecular formula is C19H19N5O2S. The number of aryl methyl sites for hydroxylation is 2. The van der Waals surface area contributed by atoms with E-state index in [-0.39, 0.29) is 24.0 Å². The van der Waals surface area contributed by atoms with E-state index < -0.39 is 0 Å². The van der Waals surface area contributed by atoms with Crippen molar-refractivity contribution in [2.24, 2.45) is 0 Å². The van der Waals surface area contributed by atoms with E-state index in [1.165, 1.54) is 11.8 Å². The summed E-state index contributed by atoms with van der Waals surface area (Å²) in [5.41, 5.74) is 3.83. The molecule has 0 saturated carbocycles. The summed E-state index contributed by atoms with van der Waals surface area (Å²) >= 11 is 1.18. The molecule has 3 aromatic rings. The Balaban J connectivity index is 1.59. The zero-order valence-corrected chi connectivity index (χ0v) is 15.9. The Hall–Kier alpha value is -3.00. The molecule has 0 radical (unpaired) electrons. The van der Waals surface area contributed by atoms with E-state index in [4.69, 9.17) is 0 Å². The molecule has 0 bridgehead atoms. The van der Waals surface area contributed by atoms with E-state index in [1.54, 1.807) is 4.68 Å². The molecular weight excluding hydrogens is 362 g/mol. The number of carbonyl (C=O) groups excluding carboxylic acids is 2.